The van der Waals surface area contributed by atoms with Crippen LogP contribution in [0.5, 0.6) is 0 Å². The van der Waals surface area contributed by atoms with Crippen molar-refractivity contribution in [2.75, 3.05) is 5.32 Å². The number of nitrogens with one attached hydrogen (secondary N) is 1. The van der Waals surface area contributed by atoms with Crippen LogP contribution in [-0.4, -0.2) is 17.0 Å². The topological polar surface area (TPSA) is 66.4 Å². The molecule has 0 aliphatic heterocycles. The van der Waals surface area contributed by atoms with Crippen molar-refractivity contribution < 1.29 is 14.7 Å². The Morgan fingerprint density at radius 2 is 2.00 bits per heavy atom. The number of aryl methyl sites for hydroxylation is 1. The van der Waals surface area contributed by atoms with Crippen LogP contribution in [0.25, 0.3) is 0 Å². The maximum absolute atomic E-state index is 12.0. The van der Waals surface area contributed by atoms with Crippen LogP contribution < -0.4 is 5.32 Å². The summed E-state index contributed by atoms with van der Waals surface area (Å²) >= 11 is 4.57. The molecular weight excluding hydrogens is 330 g/mol. The van der Waals surface area contributed by atoms with Gasteiger partial charge in [-0.05, 0) is 46.6 Å². The number of hydrogen-bond donors (Lipinski definition) is 2. The fourth-order valence-electron chi connectivity index (χ4n) is 1.62. The van der Waals surface area contributed by atoms with E-state index in [2.05, 4.69) is 21.2 Å². The number of amides is 1. The molecule has 2 aromatic rings. The van der Waals surface area contributed by atoms with Crippen molar-refractivity contribution in [1.82, 2.24) is 0 Å². The zero-order valence-electron chi connectivity index (χ0n) is 9.94. The van der Waals surface area contributed by atoms with Crippen molar-refractivity contribution in [1.29, 1.82) is 0 Å². The second kappa shape index (κ2) is 5.54. The lowest BCUT2D eigenvalue weighted by molar-refractivity contribution is 0.0698. The van der Waals surface area contributed by atoms with Crippen molar-refractivity contribution in [3.05, 3.63) is 50.1 Å². The molecule has 4 nitrogen and oxygen atoms in total. The van der Waals surface area contributed by atoms with E-state index in [1.807, 2.05) is 0 Å². The molecule has 2 rings (SSSR count). The summed E-state index contributed by atoms with van der Waals surface area (Å²) in [6.45, 7) is 1.76. The first-order valence-corrected chi connectivity index (χ1v) is 6.99. The van der Waals surface area contributed by atoms with E-state index in [0.29, 0.717) is 16.1 Å². The van der Waals surface area contributed by atoms with Gasteiger partial charge in [-0.2, -0.15) is 0 Å². The third-order valence-electron chi connectivity index (χ3n) is 2.54. The smallest absolute Gasteiger partial charge is 0.337 e. The van der Waals surface area contributed by atoms with E-state index in [9.17, 15) is 9.59 Å². The molecule has 0 saturated carbocycles. The number of benzene rings is 1. The summed E-state index contributed by atoms with van der Waals surface area (Å²) in [7, 11) is 0. The quantitative estimate of drug-likeness (QED) is 0.894. The standard InChI is InChI=1S/C13H10BrNO3S/c1-7-3-2-4-8(13(17)18)11(7)15-12(16)9-5-6-10(14)19-9/h2-6H,1H3,(H,15,16)(H,17,18). The van der Waals surface area contributed by atoms with Gasteiger partial charge in [0.15, 0.2) is 0 Å². The SMILES string of the molecule is Cc1cccc(C(=O)O)c1NC(=O)c1ccc(Br)s1. The molecule has 0 unspecified atom stereocenters. The maximum Gasteiger partial charge on any atom is 0.337 e. The first-order valence-electron chi connectivity index (χ1n) is 5.38. The van der Waals surface area contributed by atoms with Crippen molar-refractivity contribution >= 4 is 44.8 Å². The van der Waals surface area contributed by atoms with E-state index in [4.69, 9.17) is 5.11 Å². The molecule has 1 amide bonds. The fourth-order valence-corrected chi connectivity index (χ4v) is 2.90. The highest BCUT2D eigenvalue weighted by Crippen LogP contribution is 2.25. The van der Waals surface area contributed by atoms with Gasteiger partial charge in [0.2, 0.25) is 0 Å². The van der Waals surface area contributed by atoms with Gasteiger partial charge in [-0.25, -0.2) is 4.79 Å². The lowest BCUT2D eigenvalue weighted by atomic mass is 10.1. The maximum atomic E-state index is 12.0. The molecule has 0 aliphatic rings. The minimum atomic E-state index is -1.06. The Kier molecular flexibility index (Phi) is 4.01. The highest BCUT2D eigenvalue weighted by molar-refractivity contribution is 9.11. The number of carbonyl (C=O) groups is 2. The van der Waals surface area contributed by atoms with Crippen molar-refractivity contribution in [3.63, 3.8) is 0 Å². The lowest BCUT2D eigenvalue weighted by Crippen LogP contribution is -2.14. The van der Waals surface area contributed by atoms with Gasteiger partial charge < -0.3 is 10.4 Å². The number of aromatic carboxylic acids is 1. The van der Waals surface area contributed by atoms with E-state index in [1.165, 1.54) is 17.4 Å². The van der Waals surface area contributed by atoms with Gasteiger partial charge in [0, 0.05) is 0 Å². The fraction of sp³-hybridized carbons (Fsp3) is 0.0769. The molecule has 1 heterocycles. The molecule has 0 spiro atoms. The third kappa shape index (κ3) is 3.02. The monoisotopic (exact) mass is 339 g/mol. The number of rotatable bonds is 3. The molecule has 0 fully saturated rings. The van der Waals surface area contributed by atoms with Crippen molar-refractivity contribution in [3.8, 4) is 0 Å². The second-order valence-electron chi connectivity index (χ2n) is 3.86. The predicted molar refractivity (Wildman–Crippen MR) is 78.1 cm³/mol. The van der Waals surface area contributed by atoms with Crippen molar-refractivity contribution in [2.24, 2.45) is 0 Å². The second-order valence-corrected chi connectivity index (χ2v) is 6.32. The number of thiophene rings is 1. The van der Waals surface area contributed by atoms with Gasteiger partial charge in [0.1, 0.15) is 0 Å². The summed E-state index contributed by atoms with van der Waals surface area (Å²) in [4.78, 5) is 23.7. The van der Waals surface area contributed by atoms with Gasteiger partial charge in [-0.3, -0.25) is 4.79 Å². The molecule has 0 bridgehead atoms. The first kappa shape index (κ1) is 13.8. The molecule has 1 aromatic heterocycles. The van der Waals surface area contributed by atoms with Gasteiger partial charge in [0.05, 0.1) is 19.9 Å². The molecule has 1 aromatic carbocycles. The molecule has 0 aliphatic carbocycles. The molecule has 98 valence electrons. The molecule has 6 heteroatoms. The van der Waals surface area contributed by atoms with Gasteiger partial charge >= 0.3 is 5.97 Å². The Balaban J connectivity index is 2.33. The highest BCUT2D eigenvalue weighted by atomic mass is 79.9. The van der Waals surface area contributed by atoms with Crippen LogP contribution in [0.2, 0.25) is 0 Å². The van der Waals surface area contributed by atoms with Crippen LogP contribution in [0.1, 0.15) is 25.6 Å². The molecule has 0 radical (unpaired) electrons. The van der Waals surface area contributed by atoms with E-state index < -0.39 is 5.97 Å². The van der Waals surface area contributed by atoms with Crippen LogP contribution in [0.15, 0.2) is 34.1 Å². The van der Waals surface area contributed by atoms with Gasteiger partial charge in [0.25, 0.3) is 5.91 Å². The van der Waals surface area contributed by atoms with Crippen LogP contribution in [0.4, 0.5) is 5.69 Å². The van der Waals surface area contributed by atoms with Gasteiger partial charge in [-0.15, -0.1) is 11.3 Å². The Hall–Kier alpha value is -1.66. The number of carbonyl (C=O) groups excluding carboxylic acids is 1. The van der Waals surface area contributed by atoms with Gasteiger partial charge in [-0.1, -0.05) is 12.1 Å². The summed E-state index contributed by atoms with van der Waals surface area (Å²) in [6, 6.07) is 8.33. The lowest BCUT2D eigenvalue weighted by Gasteiger charge is -2.10. The Morgan fingerprint density at radius 1 is 1.26 bits per heavy atom. The summed E-state index contributed by atoms with van der Waals surface area (Å²) in [5.41, 5.74) is 1.14. The van der Waals surface area contributed by atoms with E-state index >= 15 is 0 Å². The number of carboxylic acid groups (broad SMARTS) is 1. The molecule has 19 heavy (non-hydrogen) atoms. The van der Waals surface area contributed by atoms with E-state index in [1.54, 1.807) is 31.2 Å². The summed E-state index contributed by atoms with van der Waals surface area (Å²) in [5.74, 6) is -1.38. The number of halogens is 1. The molecule has 0 saturated heterocycles. The molecular formula is C13H10BrNO3S. The minimum absolute atomic E-state index is 0.0870. The predicted octanol–water partition coefficient (Wildman–Crippen LogP) is 3.77. The highest BCUT2D eigenvalue weighted by Gasteiger charge is 2.16. The van der Waals surface area contributed by atoms with E-state index in [0.717, 1.165) is 3.79 Å². The number of para-hydroxylation sites is 1. The summed E-state index contributed by atoms with van der Waals surface area (Å²) in [6.07, 6.45) is 0. The van der Waals surface area contributed by atoms with Crippen LogP contribution in [-0.2, 0) is 0 Å². The zero-order chi connectivity index (χ0) is 14.0. The molecule has 0 atom stereocenters. The average molecular weight is 340 g/mol. The Bertz CT molecular complexity index is 651. The Labute approximate surface area is 122 Å². The van der Waals surface area contributed by atoms with Crippen LogP contribution >= 0.6 is 27.3 Å². The summed E-state index contributed by atoms with van der Waals surface area (Å²) in [5, 5.41) is 11.8. The minimum Gasteiger partial charge on any atom is -0.478 e. The Morgan fingerprint density at radius 3 is 2.58 bits per heavy atom. The number of anilines is 1. The third-order valence-corrected chi connectivity index (χ3v) is 4.16. The van der Waals surface area contributed by atoms with Crippen LogP contribution in [0.3, 0.4) is 0 Å². The zero-order valence-corrected chi connectivity index (χ0v) is 12.3. The number of hydrogen-bond acceptors (Lipinski definition) is 3. The molecule has 2 N–H and O–H groups in total. The van der Waals surface area contributed by atoms with Crippen molar-refractivity contribution in [2.45, 2.75) is 6.92 Å². The van der Waals surface area contributed by atoms with E-state index in [-0.39, 0.29) is 11.5 Å². The average Bonchev–Trinajstić information content (AvgIpc) is 2.78. The number of carboxylic acids is 1. The first-order chi connectivity index (χ1) is 8.99. The summed E-state index contributed by atoms with van der Waals surface area (Å²) < 4.78 is 0.848. The largest absolute Gasteiger partial charge is 0.478 e. The normalized spacial score (nSPS) is 10.2. The van der Waals surface area contributed by atoms with Crippen LogP contribution in [0, 0.1) is 6.92 Å².